The molecular weight excluding hydrogens is 430 g/mol. The molecule has 0 aliphatic rings. The van der Waals surface area contributed by atoms with Crippen molar-refractivity contribution in [2.45, 2.75) is 54.5 Å². The van der Waals surface area contributed by atoms with Crippen molar-refractivity contribution >= 4 is 33.6 Å². The molecule has 0 bridgehead atoms. The van der Waals surface area contributed by atoms with Crippen LogP contribution in [-0.2, 0) is 0 Å². The number of fused-ring (bicyclic) bond motifs is 3. The van der Waals surface area contributed by atoms with E-state index in [0.717, 1.165) is 73.2 Å². The van der Waals surface area contributed by atoms with E-state index in [1.807, 2.05) is 38.4 Å². The summed E-state index contributed by atoms with van der Waals surface area (Å²) in [6.45, 7) is 14.1. The van der Waals surface area contributed by atoms with E-state index in [-0.39, 0.29) is 6.04 Å². The molecule has 1 aromatic carbocycles. The van der Waals surface area contributed by atoms with Crippen LogP contribution < -0.4 is 10.1 Å². The maximum atomic E-state index is 5.80. The van der Waals surface area contributed by atoms with E-state index in [0.29, 0.717) is 5.82 Å². The van der Waals surface area contributed by atoms with E-state index in [9.17, 15) is 0 Å². The molecule has 0 aliphatic carbocycles. The highest BCUT2D eigenvalue weighted by Crippen LogP contribution is 2.41. The Bertz CT molecular complexity index is 1540. The summed E-state index contributed by atoms with van der Waals surface area (Å²) in [7, 11) is 1.67. The van der Waals surface area contributed by atoms with Crippen LogP contribution in [-0.4, -0.2) is 37.0 Å². The van der Waals surface area contributed by atoms with Gasteiger partial charge in [-0.2, -0.15) is 5.10 Å². The summed E-state index contributed by atoms with van der Waals surface area (Å²) in [5.74, 6) is 3.81. The first-order chi connectivity index (χ1) is 16.2. The van der Waals surface area contributed by atoms with Crippen LogP contribution in [0.4, 0.5) is 11.6 Å². The van der Waals surface area contributed by atoms with Crippen LogP contribution >= 0.6 is 0 Å². The van der Waals surface area contributed by atoms with Gasteiger partial charge in [0.25, 0.3) is 0 Å². The van der Waals surface area contributed by atoms with E-state index in [4.69, 9.17) is 19.3 Å². The van der Waals surface area contributed by atoms with E-state index in [1.165, 1.54) is 0 Å². The van der Waals surface area contributed by atoms with E-state index in [1.54, 1.807) is 7.11 Å². The van der Waals surface area contributed by atoms with Gasteiger partial charge in [0, 0.05) is 28.1 Å². The second-order valence-electron chi connectivity index (χ2n) is 8.99. The second kappa shape index (κ2) is 7.86. The number of H-pyrrole nitrogens is 1. The molecule has 0 saturated heterocycles. The third-order valence-corrected chi connectivity index (χ3v) is 6.30. The first kappa shape index (κ1) is 21.9. The number of benzene rings is 1. The minimum Gasteiger partial charge on any atom is -0.496 e. The van der Waals surface area contributed by atoms with Crippen molar-refractivity contribution in [2.24, 2.45) is 0 Å². The Balaban J connectivity index is 1.76. The van der Waals surface area contributed by atoms with Crippen molar-refractivity contribution in [3.63, 3.8) is 0 Å². The maximum absolute atomic E-state index is 5.80. The number of ether oxygens (including phenoxy) is 1. The number of anilines is 2. The summed E-state index contributed by atoms with van der Waals surface area (Å²) >= 11 is 0. The van der Waals surface area contributed by atoms with Gasteiger partial charge in [0.1, 0.15) is 34.6 Å². The lowest BCUT2D eigenvalue weighted by molar-refractivity contribution is 0.393. The molecule has 0 atom stereocenters. The lowest BCUT2D eigenvalue weighted by atomic mass is 10.0. The number of aromatic amines is 1. The van der Waals surface area contributed by atoms with Gasteiger partial charge in [-0.3, -0.25) is 0 Å². The molecule has 0 radical (unpaired) electrons. The minimum atomic E-state index is 0.203. The molecule has 0 saturated carbocycles. The molecule has 5 aromatic rings. The second-order valence-corrected chi connectivity index (χ2v) is 8.99. The van der Waals surface area contributed by atoms with Crippen LogP contribution in [0.3, 0.4) is 0 Å². The number of methoxy groups -OCH3 is 1. The van der Waals surface area contributed by atoms with Gasteiger partial charge >= 0.3 is 0 Å². The number of nitrogens with one attached hydrogen (secondary N) is 2. The molecule has 0 spiro atoms. The fourth-order valence-corrected chi connectivity index (χ4v) is 4.52. The normalized spacial score (nSPS) is 11.8. The standard InChI is InChI=1S/C25H29N7O2/c1-11(2)32-25(12(3)13(4)30-32)29-24-22-17-10-20(33-8)18(21-14(5)31-34-15(21)6)9-19(17)28-23(22)26-16(7)27-24/h9-11H,1-8H3,(H2,26,27,28,29). The predicted molar refractivity (Wildman–Crippen MR) is 133 cm³/mol. The van der Waals surface area contributed by atoms with Crippen molar-refractivity contribution in [3.8, 4) is 16.9 Å². The van der Waals surface area contributed by atoms with Crippen LogP contribution in [0.15, 0.2) is 16.7 Å². The Hall–Kier alpha value is -3.88. The van der Waals surface area contributed by atoms with Gasteiger partial charge < -0.3 is 19.6 Å². The fraction of sp³-hybridized carbons (Fsp3) is 0.360. The van der Waals surface area contributed by atoms with E-state index >= 15 is 0 Å². The molecule has 4 heterocycles. The first-order valence-electron chi connectivity index (χ1n) is 11.3. The number of aromatic nitrogens is 6. The Kier molecular flexibility index (Phi) is 5.07. The summed E-state index contributed by atoms with van der Waals surface area (Å²) in [5, 5.41) is 14.3. The van der Waals surface area contributed by atoms with Crippen molar-refractivity contribution in [2.75, 3.05) is 12.4 Å². The molecule has 4 aromatic heterocycles. The van der Waals surface area contributed by atoms with Gasteiger partial charge in [-0.1, -0.05) is 5.16 Å². The van der Waals surface area contributed by atoms with Gasteiger partial charge in [0.2, 0.25) is 0 Å². The molecule has 9 nitrogen and oxygen atoms in total. The number of nitrogens with zero attached hydrogens (tertiary/aromatic N) is 5. The molecule has 9 heteroatoms. The van der Waals surface area contributed by atoms with Crippen molar-refractivity contribution < 1.29 is 9.26 Å². The SMILES string of the molecule is COc1cc2c(cc1-c1c(C)noc1C)[nH]c1nc(C)nc(Nc3c(C)c(C)nn3C(C)C)c12. The van der Waals surface area contributed by atoms with Gasteiger partial charge in [-0.05, 0) is 60.6 Å². The van der Waals surface area contributed by atoms with Gasteiger partial charge in [-0.15, -0.1) is 0 Å². The van der Waals surface area contributed by atoms with Gasteiger partial charge in [0.05, 0.1) is 29.4 Å². The highest BCUT2D eigenvalue weighted by molar-refractivity contribution is 6.13. The van der Waals surface area contributed by atoms with Crippen molar-refractivity contribution in [1.29, 1.82) is 0 Å². The Labute approximate surface area is 197 Å². The lowest BCUT2D eigenvalue weighted by Gasteiger charge is -2.14. The van der Waals surface area contributed by atoms with Gasteiger partial charge in [-0.25, -0.2) is 14.6 Å². The summed E-state index contributed by atoms with van der Waals surface area (Å²) in [6.07, 6.45) is 0. The fourth-order valence-electron chi connectivity index (χ4n) is 4.52. The molecule has 34 heavy (non-hydrogen) atoms. The number of hydrogen-bond acceptors (Lipinski definition) is 7. The van der Waals surface area contributed by atoms with Crippen molar-refractivity contribution in [1.82, 2.24) is 29.9 Å². The predicted octanol–water partition coefficient (Wildman–Crippen LogP) is 5.84. The first-order valence-corrected chi connectivity index (χ1v) is 11.3. The van der Waals surface area contributed by atoms with Crippen molar-refractivity contribution in [3.05, 3.63) is 40.7 Å². The number of hydrogen-bond donors (Lipinski definition) is 2. The zero-order chi connectivity index (χ0) is 24.3. The topological polar surface area (TPSA) is 107 Å². The quantitative estimate of drug-likeness (QED) is 0.340. The molecule has 176 valence electrons. The number of rotatable bonds is 5. The summed E-state index contributed by atoms with van der Waals surface area (Å²) < 4.78 is 13.2. The summed E-state index contributed by atoms with van der Waals surface area (Å²) in [6, 6.07) is 4.29. The zero-order valence-corrected chi connectivity index (χ0v) is 20.8. The van der Waals surface area contributed by atoms with Gasteiger partial charge in [0.15, 0.2) is 0 Å². The number of aryl methyl sites for hydroxylation is 4. The van der Waals surface area contributed by atoms with Crippen LogP contribution in [0.25, 0.3) is 33.1 Å². The lowest BCUT2D eigenvalue weighted by Crippen LogP contribution is -2.09. The summed E-state index contributed by atoms with van der Waals surface area (Å²) in [4.78, 5) is 12.9. The van der Waals surface area contributed by atoms with Crippen LogP contribution in [0.1, 0.15) is 48.4 Å². The average molecular weight is 460 g/mol. The Morgan fingerprint density at radius 2 is 1.82 bits per heavy atom. The van der Waals surface area contributed by atoms with Crippen LogP contribution in [0.5, 0.6) is 5.75 Å². The highest BCUT2D eigenvalue weighted by atomic mass is 16.5. The Morgan fingerprint density at radius 1 is 1.06 bits per heavy atom. The molecule has 0 unspecified atom stereocenters. The Morgan fingerprint density at radius 3 is 2.47 bits per heavy atom. The maximum Gasteiger partial charge on any atom is 0.145 e. The summed E-state index contributed by atoms with van der Waals surface area (Å²) in [5.41, 5.74) is 6.44. The monoisotopic (exact) mass is 459 g/mol. The largest absolute Gasteiger partial charge is 0.496 e. The molecule has 0 amide bonds. The molecule has 5 rings (SSSR count). The molecule has 0 fully saturated rings. The highest BCUT2D eigenvalue weighted by Gasteiger charge is 2.22. The molecule has 0 aliphatic heterocycles. The third-order valence-electron chi connectivity index (χ3n) is 6.30. The van der Waals surface area contributed by atoms with Crippen LogP contribution in [0.2, 0.25) is 0 Å². The third kappa shape index (κ3) is 3.30. The minimum absolute atomic E-state index is 0.203. The molecule has 2 N–H and O–H groups in total. The van der Waals surface area contributed by atoms with Crippen LogP contribution in [0, 0.1) is 34.6 Å². The smallest absolute Gasteiger partial charge is 0.145 e. The average Bonchev–Trinajstić information content (AvgIpc) is 3.40. The van der Waals surface area contributed by atoms with E-state index < -0.39 is 0 Å². The van der Waals surface area contributed by atoms with E-state index in [2.05, 4.69) is 47.3 Å². The zero-order valence-electron chi connectivity index (χ0n) is 20.8. The molecular formula is C25H29N7O2.